The molecule has 2 fully saturated rings. The number of likely N-dealkylation sites (N-methyl/N-ethyl adjacent to an activating group) is 1. The highest BCUT2D eigenvalue weighted by Gasteiger charge is 2.29. The van der Waals surface area contributed by atoms with Crippen LogP contribution in [0.4, 0.5) is 10.0 Å². The standard InChI is InChI=1S/C22H34N4S2/c1-5-24-12-13-26(21-8-6-17(2)27-21)18(15-24)14-19-7-9-20(28-19)25-11-10-23-22(3,4)16-25/h6-9,18,23H,5,10-16H2,1-4H3. The summed E-state index contributed by atoms with van der Waals surface area (Å²) in [6, 6.07) is 9.87. The summed E-state index contributed by atoms with van der Waals surface area (Å²) in [7, 11) is 0. The van der Waals surface area contributed by atoms with Crippen molar-refractivity contribution < 1.29 is 0 Å². The number of nitrogens with zero attached hydrogens (tertiary/aromatic N) is 3. The van der Waals surface area contributed by atoms with Crippen molar-refractivity contribution in [3.8, 4) is 0 Å². The Bertz CT molecular complexity index is 781. The molecule has 2 aromatic rings. The molecule has 0 bridgehead atoms. The summed E-state index contributed by atoms with van der Waals surface area (Å²) < 4.78 is 0. The van der Waals surface area contributed by atoms with E-state index in [1.54, 1.807) is 0 Å². The Morgan fingerprint density at radius 3 is 2.61 bits per heavy atom. The molecule has 2 saturated heterocycles. The first kappa shape index (κ1) is 20.2. The normalized spacial score (nSPS) is 23.4. The van der Waals surface area contributed by atoms with Crippen LogP contribution < -0.4 is 15.1 Å². The van der Waals surface area contributed by atoms with E-state index in [2.05, 4.69) is 72.0 Å². The summed E-state index contributed by atoms with van der Waals surface area (Å²) in [6.45, 7) is 17.0. The van der Waals surface area contributed by atoms with E-state index in [9.17, 15) is 0 Å². The maximum absolute atomic E-state index is 3.62. The predicted octanol–water partition coefficient (Wildman–Crippen LogP) is 4.06. The molecule has 0 aromatic carbocycles. The van der Waals surface area contributed by atoms with Crippen molar-refractivity contribution in [1.82, 2.24) is 10.2 Å². The Morgan fingerprint density at radius 2 is 1.89 bits per heavy atom. The fourth-order valence-electron chi connectivity index (χ4n) is 4.46. The fourth-order valence-corrected chi connectivity index (χ4v) is 6.52. The fraction of sp³-hybridized carbons (Fsp3) is 0.636. The molecule has 0 radical (unpaired) electrons. The monoisotopic (exact) mass is 418 g/mol. The molecule has 6 heteroatoms. The third-order valence-electron chi connectivity index (χ3n) is 5.99. The molecule has 0 aliphatic carbocycles. The van der Waals surface area contributed by atoms with Crippen molar-refractivity contribution >= 4 is 32.7 Å². The van der Waals surface area contributed by atoms with Crippen molar-refractivity contribution in [3.05, 3.63) is 34.0 Å². The Balaban J connectivity index is 1.48. The lowest BCUT2D eigenvalue weighted by atomic mass is 10.0. The number of rotatable bonds is 5. The number of aryl methyl sites for hydroxylation is 1. The first-order valence-corrected chi connectivity index (χ1v) is 12.2. The van der Waals surface area contributed by atoms with Gasteiger partial charge in [0.25, 0.3) is 0 Å². The summed E-state index contributed by atoms with van der Waals surface area (Å²) in [5.41, 5.74) is 0.196. The van der Waals surface area contributed by atoms with Crippen LogP contribution in [-0.4, -0.2) is 62.3 Å². The van der Waals surface area contributed by atoms with Gasteiger partial charge in [0.1, 0.15) is 0 Å². The second kappa shape index (κ2) is 8.34. The number of hydrogen-bond donors (Lipinski definition) is 1. The molecule has 2 aliphatic rings. The van der Waals surface area contributed by atoms with E-state index >= 15 is 0 Å². The van der Waals surface area contributed by atoms with Crippen molar-refractivity contribution in [2.75, 3.05) is 55.6 Å². The predicted molar refractivity (Wildman–Crippen MR) is 125 cm³/mol. The number of piperazine rings is 2. The first-order valence-electron chi connectivity index (χ1n) is 10.6. The Hall–Kier alpha value is -1.08. The summed E-state index contributed by atoms with van der Waals surface area (Å²) in [4.78, 5) is 10.8. The van der Waals surface area contributed by atoms with Crippen LogP contribution in [0.25, 0.3) is 0 Å². The van der Waals surface area contributed by atoms with E-state index in [1.807, 2.05) is 22.7 Å². The summed E-state index contributed by atoms with van der Waals surface area (Å²) >= 11 is 3.94. The Labute approximate surface area is 178 Å². The van der Waals surface area contributed by atoms with Crippen LogP contribution in [0.5, 0.6) is 0 Å². The Kier molecular flexibility index (Phi) is 6.02. The SMILES string of the molecule is CCN1CCN(c2ccc(C)s2)C(Cc2ccc(N3CCNC(C)(C)C3)s2)C1. The summed E-state index contributed by atoms with van der Waals surface area (Å²) in [5, 5.41) is 6.50. The highest BCUT2D eigenvalue weighted by Crippen LogP contribution is 2.33. The molecular weight excluding hydrogens is 384 g/mol. The van der Waals surface area contributed by atoms with Gasteiger partial charge in [-0.15, -0.1) is 22.7 Å². The summed E-state index contributed by atoms with van der Waals surface area (Å²) in [6.07, 6.45) is 1.15. The molecule has 0 spiro atoms. The van der Waals surface area contributed by atoms with Crippen molar-refractivity contribution in [1.29, 1.82) is 0 Å². The molecule has 0 amide bonds. The van der Waals surface area contributed by atoms with Gasteiger partial charge >= 0.3 is 0 Å². The Morgan fingerprint density at radius 1 is 1.07 bits per heavy atom. The van der Waals surface area contributed by atoms with Gasteiger partial charge < -0.3 is 15.1 Å². The molecule has 1 N–H and O–H groups in total. The molecule has 4 rings (SSSR count). The number of nitrogens with one attached hydrogen (secondary N) is 1. The van der Waals surface area contributed by atoms with Crippen molar-refractivity contribution in [2.24, 2.45) is 0 Å². The largest absolute Gasteiger partial charge is 0.360 e. The van der Waals surface area contributed by atoms with E-state index in [-0.39, 0.29) is 5.54 Å². The average molecular weight is 419 g/mol. The third kappa shape index (κ3) is 4.56. The minimum Gasteiger partial charge on any atom is -0.360 e. The molecule has 2 aromatic heterocycles. The van der Waals surface area contributed by atoms with E-state index in [4.69, 9.17) is 0 Å². The van der Waals surface area contributed by atoms with Crippen LogP contribution in [-0.2, 0) is 6.42 Å². The second-order valence-electron chi connectivity index (χ2n) is 8.80. The molecule has 154 valence electrons. The van der Waals surface area contributed by atoms with E-state index < -0.39 is 0 Å². The van der Waals surface area contributed by atoms with Gasteiger partial charge in [0.2, 0.25) is 0 Å². The highest BCUT2D eigenvalue weighted by atomic mass is 32.1. The zero-order valence-electron chi connectivity index (χ0n) is 17.7. The van der Waals surface area contributed by atoms with Crippen LogP contribution in [0.1, 0.15) is 30.5 Å². The van der Waals surface area contributed by atoms with E-state index in [0.717, 1.165) is 39.1 Å². The molecule has 28 heavy (non-hydrogen) atoms. The maximum Gasteiger partial charge on any atom is 0.0914 e. The quantitative estimate of drug-likeness (QED) is 0.790. The van der Waals surface area contributed by atoms with Gasteiger partial charge in [0.15, 0.2) is 0 Å². The molecule has 1 atom stereocenters. The topological polar surface area (TPSA) is 21.8 Å². The third-order valence-corrected chi connectivity index (χ3v) is 8.20. The van der Waals surface area contributed by atoms with Crippen LogP contribution in [0.15, 0.2) is 24.3 Å². The number of anilines is 2. The van der Waals surface area contributed by atoms with E-state index in [0.29, 0.717) is 6.04 Å². The molecule has 0 saturated carbocycles. The van der Waals surface area contributed by atoms with Gasteiger partial charge in [-0.25, -0.2) is 0 Å². The molecule has 4 nitrogen and oxygen atoms in total. The van der Waals surface area contributed by atoms with Crippen LogP contribution in [0.3, 0.4) is 0 Å². The van der Waals surface area contributed by atoms with E-state index in [1.165, 1.54) is 32.8 Å². The molecular formula is C22H34N4S2. The van der Waals surface area contributed by atoms with Crippen LogP contribution >= 0.6 is 22.7 Å². The average Bonchev–Trinajstić information content (AvgIpc) is 3.30. The minimum atomic E-state index is 0.196. The van der Waals surface area contributed by atoms with Gasteiger partial charge in [0.05, 0.1) is 10.0 Å². The lowest BCUT2D eigenvalue weighted by Crippen LogP contribution is -2.57. The molecule has 4 heterocycles. The minimum absolute atomic E-state index is 0.196. The van der Waals surface area contributed by atoms with Crippen molar-refractivity contribution in [2.45, 2.75) is 45.7 Å². The van der Waals surface area contributed by atoms with Gasteiger partial charge in [-0.3, -0.25) is 4.90 Å². The van der Waals surface area contributed by atoms with Gasteiger partial charge in [-0.2, -0.15) is 0 Å². The lowest BCUT2D eigenvalue weighted by molar-refractivity contribution is 0.233. The second-order valence-corrected chi connectivity index (χ2v) is 11.2. The van der Waals surface area contributed by atoms with Crippen molar-refractivity contribution in [3.63, 3.8) is 0 Å². The smallest absolute Gasteiger partial charge is 0.0914 e. The first-order chi connectivity index (χ1) is 13.4. The van der Waals surface area contributed by atoms with Gasteiger partial charge in [-0.05, 0) is 51.6 Å². The number of hydrogen-bond acceptors (Lipinski definition) is 6. The zero-order chi connectivity index (χ0) is 19.7. The van der Waals surface area contributed by atoms with Crippen LogP contribution in [0, 0.1) is 6.92 Å². The maximum atomic E-state index is 3.62. The summed E-state index contributed by atoms with van der Waals surface area (Å²) in [5.74, 6) is 0. The molecule has 2 aliphatic heterocycles. The molecule has 1 unspecified atom stereocenters. The van der Waals surface area contributed by atoms with Gasteiger partial charge in [-0.1, -0.05) is 6.92 Å². The highest BCUT2D eigenvalue weighted by molar-refractivity contribution is 7.16. The number of thiophene rings is 2. The van der Waals surface area contributed by atoms with Gasteiger partial charge in [0, 0.05) is 67.0 Å². The lowest BCUT2D eigenvalue weighted by Gasteiger charge is -2.42. The zero-order valence-corrected chi connectivity index (χ0v) is 19.3. The van der Waals surface area contributed by atoms with Crippen LogP contribution in [0.2, 0.25) is 0 Å².